The number of fused-ring (bicyclic) bond motifs is 2. The van der Waals surface area contributed by atoms with Crippen LogP contribution in [0.25, 0.3) is 16.7 Å². The number of imide groups is 1. The van der Waals surface area contributed by atoms with Gasteiger partial charge in [-0.3, -0.25) is 38.4 Å². The minimum atomic E-state index is -2.86. The fourth-order valence-electron chi connectivity index (χ4n) is 9.65. The van der Waals surface area contributed by atoms with E-state index >= 15 is 0 Å². The zero-order valence-electron chi connectivity index (χ0n) is 35.3. The van der Waals surface area contributed by atoms with E-state index in [1.54, 1.807) is 24.1 Å². The number of nitrogens with zero attached hydrogens (tertiary/aromatic N) is 10. The van der Waals surface area contributed by atoms with E-state index in [1.807, 2.05) is 24.3 Å². The van der Waals surface area contributed by atoms with Crippen LogP contribution in [0.4, 0.5) is 20.3 Å². The summed E-state index contributed by atoms with van der Waals surface area (Å²) < 4.78 is 34.7. The van der Waals surface area contributed by atoms with E-state index in [0.29, 0.717) is 34.7 Å². The Balaban J connectivity index is 0.769. The number of carbonyl (C=O) groups excluding carboxylic acids is 3. The van der Waals surface area contributed by atoms with Crippen LogP contribution in [-0.4, -0.2) is 113 Å². The van der Waals surface area contributed by atoms with Gasteiger partial charge in [-0.25, -0.2) is 23.1 Å². The number of piperidine rings is 1. The number of rotatable bonds is 9. The summed E-state index contributed by atoms with van der Waals surface area (Å²) in [6.45, 7) is 11.3. The van der Waals surface area contributed by atoms with Gasteiger partial charge >= 0.3 is 5.69 Å². The van der Waals surface area contributed by atoms with Crippen LogP contribution < -0.4 is 21.2 Å². The molecule has 62 heavy (non-hydrogen) atoms. The maximum atomic E-state index is 14.3. The van der Waals surface area contributed by atoms with E-state index in [2.05, 4.69) is 61.2 Å². The molecule has 5 aromatic rings. The van der Waals surface area contributed by atoms with E-state index in [4.69, 9.17) is 4.98 Å². The predicted octanol–water partition coefficient (Wildman–Crippen LogP) is 4.38. The van der Waals surface area contributed by atoms with Crippen LogP contribution in [0.2, 0.25) is 0 Å². The van der Waals surface area contributed by atoms with Crippen LogP contribution >= 0.6 is 0 Å². The molecule has 18 heteroatoms. The van der Waals surface area contributed by atoms with E-state index in [0.717, 1.165) is 83.7 Å². The van der Waals surface area contributed by atoms with E-state index in [9.17, 15) is 28.0 Å². The number of piperazine rings is 1. The van der Waals surface area contributed by atoms with Crippen LogP contribution in [0.5, 0.6) is 0 Å². The van der Waals surface area contributed by atoms with Gasteiger partial charge in [0.2, 0.25) is 11.8 Å². The highest BCUT2D eigenvalue weighted by atomic mass is 19.3. The summed E-state index contributed by atoms with van der Waals surface area (Å²) in [6, 6.07) is 6.61. The Hall–Kier alpha value is -5.93. The number of carbonyl (C=O) groups is 3. The van der Waals surface area contributed by atoms with Gasteiger partial charge in [-0.05, 0) is 68.1 Å². The zero-order chi connectivity index (χ0) is 43.3. The molecular weight excluding hydrogens is 799 g/mol. The summed E-state index contributed by atoms with van der Waals surface area (Å²) in [7, 11) is 1.68. The number of alkyl halides is 2. The lowest BCUT2D eigenvalue weighted by atomic mass is 9.85. The number of aryl methyl sites for hydroxylation is 1. The van der Waals surface area contributed by atoms with Crippen LogP contribution in [0, 0.1) is 23.2 Å². The summed E-state index contributed by atoms with van der Waals surface area (Å²) in [5.74, 6) is 6.45. The largest absolute Gasteiger partial charge is 0.356 e. The molecule has 16 nitrogen and oxygen atoms in total. The van der Waals surface area contributed by atoms with E-state index in [1.165, 1.54) is 19.8 Å². The predicted molar refractivity (Wildman–Crippen MR) is 228 cm³/mol. The Kier molecular flexibility index (Phi) is 11.2. The summed E-state index contributed by atoms with van der Waals surface area (Å²) in [4.78, 5) is 62.9. The second kappa shape index (κ2) is 16.7. The van der Waals surface area contributed by atoms with Crippen molar-refractivity contribution in [1.29, 1.82) is 0 Å². The van der Waals surface area contributed by atoms with Gasteiger partial charge in [0.1, 0.15) is 17.4 Å². The summed E-state index contributed by atoms with van der Waals surface area (Å²) in [6.07, 6.45) is 6.87. The van der Waals surface area contributed by atoms with Crippen molar-refractivity contribution in [3.8, 4) is 11.8 Å². The topological polar surface area (TPSA) is 160 Å². The number of amides is 3. The first kappa shape index (κ1) is 41.4. The molecule has 0 bridgehead atoms. The Morgan fingerprint density at radius 2 is 1.79 bits per heavy atom. The van der Waals surface area contributed by atoms with Gasteiger partial charge in [0.05, 0.1) is 41.1 Å². The SMILES string of the molecule is Cn1c(=O)n(C2CCC(=O)NC2=O)c2cccc(C#CCN3CCN(C[C@H]4CC[C@H](n5cc(NC(=O)c6cnn7ccc(N8CCC(C)(C)C8)nc67)c(C(F)F)n5)CC4)CC3)c21. The number of hydrogen-bond acceptors (Lipinski definition) is 10. The highest BCUT2D eigenvalue weighted by Crippen LogP contribution is 2.36. The van der Waals surface area contributed by atoms with Crippen molar-refractivity contribution in [3.63, 3.8) is 0 Å². The van der Waals surface area contributed by atoms with Crippen molar-refractivity contribution in [2.24, 2.45) is 18.4 Å². The fraction of sp³-hybridized carbons (Fsp3) is 0.523. The molecule has 3 aliphatic heterocycles. The molecule has 4 aliphatic rings. The number of halogens is 2. The van der Waals surface area contributed by atoms with Gasteiger partial charge in [-0.2, -0.15) is 10.2 Å². The number of benzene rings is 1. The smallest absolute Gasteiger partial charge is 0.329 e. The van der Waals surface area contributed by atoms with Crippen molar-refractivity contribution in [1.82, 2.24) is 48.6 Å². The molecule has 2 N–H and O–H groups in total. The molecular formula is C44H52F2N12O4. The molecule has 326 valence electrons. The third kappa shape index (κ3) is 8.22. The number of nitrogens with one attached hydrogen (secondary N) is 2. The third-order valence-corrected chi connectivity index (χ3v) is 13.1. The Bertz CT molecular complexity index is 2650. The summed E-state index contributed by atoms with van der Waals surface area (Å²) in [5, 5.41) is 13.6. The quantitative estimate of drug-likeness (QED) is 0.161. The third-order valence-electron chi connectivity index (χ3n) is 13.1. The van der Waals surface area contributed by atoms with Crippen molar-refractivity contribution in [2.45, 2.75) is 77.3 Å². The van der Waals surface area contributed by atoms with Crippen LogP contribution in [0.1, 0.15) is 98.9 Å². The maximum absolute atomic E-state index is 14.3. The van der Waals surface area contributed by atoms with Crippen LogP contribution in [0.3, 0.4) is 0 Å². The van der Waals surface area contributed by atoms with Crippen molar-refractivity contribution >= 4 is 45.9 Å². The Labute approximate surface area is 357 Å². The van der Waals surface area contributed by atoms with Crippen molar-refractivity contribution in [2.75, 3.05) is 62.6 Å². The Morgan fingerprint density at radius 3 is 2.52 bits per heavy atom. The second-order valence-corrected chi connectivity index (χ2v) is 18.0. The number of hydrogen-bond donors (Lipinski definition) is 2. The second-order valence-electron chi connectivity index (χ2n) is 18.0. The average Bonchev–Trinajstić information content (AvgIpc) is 4.03. The lowest BCUT2D eigenvalue weighted by Gasteiger charge is -2.37. The molecule has 1 atom stereocenters. The minimum absolute atomic E-state index is 0.00183. The molecule has 1 aromatic carbocycles. The highest BCUT2D eigenvalue weighted by Gasteiger charge is 2.33. The molecule has 0 radical (unpaired) electrons. The minimum Gasteiger partial charge on any atom is -0.356 e. The van der Waals surface area contributed by atoms with E-state index in [-0.39, 0.29) is 47.1 Å². The van der Waals surface area contributed by atoms with Gasteiger partial charge < -0.3 is 15.1 Å². The average molecular weight is 851 g/mol. The van der Waals surface area contributed by atoms with Gasteiger partial charge in [-0.15, -0.1) is 0 Å². The molecule has 3 amide bonds. The molecule has 9 rings (SSSR count). The van der Waals surface area contributed by atoms with Gasteiger partial charge in [0, 0.05) is 71.7 Å². The summed E-state index contributed by atoms with van der Waals surface area (Å²) in [5.41, 5.74) is 1.96. The first-order chi connectivity index (χ1) is 29.8. The van der Waals surface area contributed by atoms with Crippen molar-refractivity contribution < 1.29 is 23.2 Å². The van der Waals surface area contributed by atoms with Gasteiger partial charge in [-0.1, -0.05) is 31.8 Å². The maximum Gasteiger partial charge on any atom is 0.329 e. The van der Waals surface area contributed by atoms with Crippen LogP contribution in [0.15, 0.2) is 47.7 Å². The normalized spacial score (nSPS) is 22.4. The monoisotopic (exact) mass is 850 g/mol. The van der Waals surface area contributed by atoms with Gasteiger partial charge in [0.25, 0.3) is 12.3 Å². The number of aromatic nitrogens is 7. The molecule has 1 aliphatic carbocycles. The van der Waals surface area contributed by atoms with E-state index < -0.39 is 30.0 Å². The highest BCUT2D eigenvalue weighted by molar-refractivity contribution is 6.08. The first-order valence-corrected chi connectivity index (χ1v) is 21.6. The molecule has 4 fully saturated rings. The number of para-hydroxylation sites is 1. The molecule has 4 aromatic heterocycles. The number of anilines is 2. The first-order valence-electron chi connectivity index (χ1n) is 21.6. The lowest BCUT2D eigenvalue weighted by Crippen LogP contribution is -2.48. The van der Waals surface area contributed by atoms with Crippen molar-refractivity contribution in [3.05, 3.63) is 70.2 Å². The Morgan fingerprint density at radius 1 is 1.02 bits per heavy atom. The molecule has 1 unspecified atom stereocenters. The molecule has 3 saturated heterocycles. The van der Waals surface area contributed by atoms with Crippen LogP contribution in [-0.2, 0) is 16.6 Å². The zero-order valence-corrected chi connectivity index (χ0v) is 35.3. The lowest BCUT2D eigenvalue weighted by molar-refractivity contribution is -0.135. The molecule has 1 saturated carbocycles. The van der Waals surface area contributed by atoms with Gasteiger partial charge in [0.15, 0.2) is 11.3 Å². The summed E-state index contributed by atoms with van der Waals surface area (Å²) >= 11 is 0. The fourth-order valence-corrected chi connectivity index (χ4v) is 9.65. The standard InChI is InChI=1S/C44H52F2N12O4/c1-44(2)16-19-55(27-44)35-15-18-56-40(49-35)31(24-47-56)41(60)48-32-26-57(51-37(32)39(45)46)30-11-9-28(10-12-30)25-54-22-20-53(21-23-54)17-5-7-29-6-4-8-33-38(29)52(3)43(62)58(33)34-13-14-36(59)50-42(34)61/h4,6,8,15,18,24,26,28,30,34,39H,9-14,16-17,19-23,25,27H2,1-3H3,(H,48,60)(H,50,59,61)/t28-,30-,34?. The molecule has 0 spiro atoms. The molecule has 7 heterocycles. The number of imidazole rings is 1.